The number of nitrogens with zero attached hydrogens (tertiary/aromatic N) is 2. The van der Waals surface area contributed by atoms with E-state index in [4.69, 9.17) is 9.47 Å². The molecule has 0 amide bonds. The Morgan fingerprint density at radius 2 is 2.47 bits per heavy atom. The van der Waals surface area contributed by atoms with Crippen molar-refractivity contribution in [3.05, 3.63) is 18.1 Å². The summed E-state index contributed by atoms with van der Waals surface area (Å²) < 4.78 is 10.5. The van der Waals surface area contributed by atoms with Gasteiger partial charge in [-0.1, -0.05) is 0 Å². The molecule has 1 N–H and O–H groups in total. The van der Waals surface area contributed by atoms with E-state index in [1.165, 1.54) is 0 Å². The normalized spacial score (nSPS) is 21.4. The number of ether oxygens (including phenoxy) is 2. The Kier molecular flexibility index (Phi) is 4.28. The highest BCUT2D eigenvalue weighted by Crippen LogP contribution is 2.19. The van der Waals surface area contributed by atoms with Gasteiger partial charge in [0.1, 0.15) is 6.33 Å². The summed E-state index contributed by atoms with van der Waals surface area (Å²) in [6.07, 6.45) is 3.54. The molecule has 5 heteroatoms. The minimum atomic E-state index is 0.400. The summed E-state index contributed by atoms with van der Waals surface area (Å²) in [6, 6.07) is 2.29. The Morgan fingerprint density at radius 3 is 3.12 bits per heavy atom. The molecule has 0 bridgehead atoms. The van der Waals surface area contributed by atoms with Gasteiger partial charge in [-0.05, 0) is 13.5 Å². The van der Waals surface area contributed by atoms with Crippen LogP contribution in [0.5, 0.6) is 5.88 Å². The molecule has 0 spiro atoms. The molecule has 2 atom stereocenters. The van der Waals surface area contributed by atoms with Crippen LogP contribution in [0.2, 0.25) is 0 Å². The van der Waals surface area contributed by atoms with E-state index in [0.717, 1.165) is 31.7 Å². The first-order valence-electron chi connectivity index (χ1n) is 5.93. The molecular formula is C12H19N3O2. The minimum absolute atomic E-state index is 0.400. The van der Waals surface area contributed by atoms with E-state index >= 15 is 0 Å². The average Bonchev–Trinajstić information content (AvgIpc) is 2.90. The first kappa shape index (κ1) is 12.3. The van der Waals surface area contributed by atoms with Crippen LogP contribution in [-0.4, -0.2) is 43.4 Å². The highest BCUT2D eigenvalue weighted by atomic mass is 16.5. The molecule has 2 unspecified atom stereocenters. The predicted octanol–water partition coefficient (Wildman–Crippen LogP) is 0.652. The second-order valence-corrected chi connectivity index (χ2v) is 4.27. The van der Waals surface area contributed by atoms with Crippen LogP contribution in [-0.2, 0) is 11.2 Å². The van der Waals surface area contributed by atoms with Crippen LogP contribution in [0.3, 0.4) is 0 Å². The van der Waals surface area contributed by atoms with Crippen molar-refractivity contribution in [2.24, 2.45) is 5.92 Å². The maximum absolute atomic E-state index is 5.43. The topological polar surface area (TPSA) is 56.3 Å². The van der Waals surface area contributed by atoms with Gasteiger partial charge in [-0.3, -0.25) is 0 Å². The molecule has 5 nitrogen and oxygen atoms in total. The fourth-order valence-corrected chi connectivity index (χ4v) is 2.20. The van der Waals surface area contributed by atoms with Crippen LogP contribution in [0.1, 0.15) is 12.1 Å². The molecule has 0 aromatic carbocycles. The number of methoxy groups -OCH3 is 1. The van der Waals surface area contributed by atoms with Crippen LogP contribution in [0, 0.1) is 5.92 Å². The quantitative estimate of drug-likeness (QED) is 0.815. The van der Waals surface area contributed by atoms with Crippen molar-refractivity contribution in [2.75, 3.05) is 27.4 Å². The zero-order valence-corrected chi connectivity index (χ0v) is 10.3. The summed E-state index contributed by atoms with van der Waals surface area (Å²) in [4.78, 5) is 8.28. The number of hydrogen-bond donors (Lipinski definition) is 1. The zero-order valence-electron chi connectivity index (χ0n) is 10.3. The van der Waals surface area contributed by atoms with Gasteiger partial charge < -0.3 is 14.8 Å². The highest BCUT2D eigenvalue weighted by molar-refractivity contribution is 5.14. The Hall–Kier alpha value is -1.20. The first-order valence-corrected chi connectivity index (χ1v) is 5.93. The Balaban J connectivity index is 2.01. The van der Waals surface area contributed by atoms with E-state index in [1.807, 2.05) is 13.1 Å². The average molecular weight is 237 g/mol. The maximum atomic E-state index is 5.43. The molecule has 1 saturated heterocycles. The van der Waals surface area contributed by atoms with E-state index in [-0.39, 0.29) is 0 Å². The molecule has 1 aromatic rings. The largest absolute Gasteiger partial charge is 0.481 e. The monoisotopic (exact) mass is 237 g/mol. The van der Waals surface area contributed by atoms with Crippen LogP contribution < -0.4 is 10.1 Å². The SMILES string of the molecule is CNC(Cc1cc(OC)ncn1)C1CCOC1. The van der Waals surface area contributed by atoms with Gasteiger partial charge in [0.2, 0.25) is 5.88 Å². The van der Waals surface area contributed by atoms with E-state index in [0.29, 0.717) is 17.8 Å². The van der Waals surface area contributed by atoms with Gasteiger partial charge >= 0.3 is 0 Å². The summed E-state index contributed by atoms with van der Waals surface area (Å²) in [5.74, 6) is 1.19. The van der Waals surface area contributed by atoms with E-state index in [9.17, 15) is 0 Å². The molecule has 1 aliphatic heterocycles. The first-order chi connectivity index (χ1) is 8.33. The lowest BCUT2D eigenvalue weighted by Gasteiger charge is -2.21. The van der Waals surface area contributed by atoms with Gasteiger partial charge in [0, 0.05) is 36.7 Å². The highest BCUT2D eigenvalue weighted by Gasteiger charge is 2.25. The minimum Gasteiger partial charge on any atom is -0.481 e. The Morgan fingerprint density at radius 1 is 1.59 bits per heavy atom. The third-order valence-electron chi connectivity index (χ3n) is 3.24. The Labute approximate surface area is 102 Å². The molecule has 1 aromatic heterocycles. The summed E-state index contributed by atoms with van der Waals surface area (Å²) in [7, 11) is 3.61. The third kappa shape index (κ3) is 3.14. The molecule has 0 saturated carbocycles. The zero-order chi connectivity index (χ0) is 12.1. The number of rotatable bonds is 5. The third-order valence-corrected chi connectivity index (χ3v) is 3.24. The summed E-state index contributed by atoms with van der Waals surface area (Å²) in [6.45, 7) is 1.71. The fraction of sp³-hybridized carbons (Fsp3) is 0.667. The number of likely N-dealkylation sites (N-methyl/N-ethyl adjacent to an activating group) is 1. The Bertz CT molecular complexity index is 353. The summed E-state index contributed by atoms with van der Waals surface area (Å²) in [5.41, 5.74) is 1.00. The van der Waals surface area contributed by atoms with E-state index in [2.05, 4.69) is 15.3 Å². The van der Waals surface area contributed by atoms with Gasteiger partial charge in [-0.25, -0.2) is 9.97 Å². The molecule has 0 aliphatic carbocycles. The number of hydrogen-bond acceptors (Lipinski definition) is 5. The van der Waals surface area contributed by atoms with Crippen molar-refractivity contribution in [1.82, 2.24) is 15.3 Å². The molecule has 17 heavy (non-hydrogen) atoms. The molecule has 94 valence electrons. The van der Waals surface area contributed by atoms with Crippen molar-refractivity contribution in [2.45, 2.75) is 18.9 Å². The second kappa shape index (κ2) is 5.93. The van der Waals surface area contributed by atoms with Crippen LogP contribution in [0.15, 0.2) is 12.4 Å². The van der Waals surface area contributed by atoms with Crippen LogP contribution in [0.4, 0.5) is 0 Å². The smallest absolute Gasteiger partial charge is 0.216 e. The molecule has 1 fully saturated rings. The number of aromatic nitrogens is 2. The molecule has 2 heterocycles. The second-order valence-electron chi connectivity index (χ2n) is 4.27. The van der Waals surface area contributed by atoms with Crippen LogP contribution in [0.25, 0.3) is 0 Å². The standard InChI is InChI=1S/C12H19N3O2/c1-13-11(9-3-4-17-7-9)5-10-6-12(16-2)15-8-14-10/h6,8-9,11,13H,3-5,7H2,1-2H3. The summed E-state index contributed by atoms with van der Waals surface area (Å²) in [5, 5.41) is 3.35. The fourth-order valence-electron chi connectivity index (χ4n) is 2.20. The lowest BCUT2D eigenvalue weighted by Crippen LogP contribution is -2.36. The lowest BCUT2D eigenvalue weighted by atomic mass is 9.95. The van der Waals surface area contributed by atoms with Gasteiger partial charge in [-0.15, -0.1) is 0 Å². The van der Waals surface area contributed by atoms with Crippen molar-refractivity contribution in [3.63, 3.8) is 0 Å². The van der Waals surface area contributed by atoms with Crippen molar-refractivity contribution in [3.8, 4) is 5.88 Å². The van der Waals surface area contributed by atoms with Gasteiger partial charge in [0.25, 0.3) is 0 Å². The number of nitrogens with one attached hydrogen (secondary N) is 1. The molecule has 1 aliphatic rings. The van der Waals surface area contributed by atoms with Gasteiger partial charge in [0.15, 0.2) is 0 Å². The predicted molar refractivity (Wildman–Crippen MR) is 64.1 cm³/mol. The maximum Gasteiger partial charge on any atom is 0.216 e. The summed E-state index contributed by atoms with van der Waals surface area (Å²) >= 11 is 0. The van der Waals surface area contributed by atoms with Crippen LogP contribution >= 0.6 is 0 Å². The molecule has 0 radical (unpaired) electrons. The van der Waals surface area contributed by atoms with Gasteiger partial charge in [0.05, 0.1) is 13.7 Å². The van der Waals surface area contributed by atoms with E-state index < -0.39 is 0 Å². The van der Waals surface area contributed by atoms with Crippen molar-refractivity contribution in [1.29, 1.82) is 0 Å². The van der Waals surface area contributed by atoms with E-state index in [1.54, 1.807) is 13.4 Å². The lowest BCUT2D eigenvalue weighted by molar-refractivity contribution is 0.177. The van der Waals surface area contributed by atoms with Crippen molar-refractivity contribution >= 4 is 0 Å². The molecule has 2 rings (SSSR count). The molecular weight excluding hydrogens is 218 g/mol. The van der Waals surface area contributed by atoms with Gasteiger partial charge in [-0.2, -0.15) is 0 Å². The van der Waals surface area contributed by atoms with Crippen molar-refractivity contribution < 1.29 is 9.47 Å².